The maximum Gasteiger partial charge on any atom is 0.328 e. The fourth-order valence-corrected chi connectivity index (χ4v) is 2.31. The Morgan fingerprint density at radius 1 is 1.44 bits per heavy atom. The predicted molar refractivity (Wildman–Crippen MR) is 69.3 cm³/mol. The van der Waals surface area contributed by atoms with E-state index in [1.807, 2.05) is 0 Å². The van der Waals surface area contributed by atoms with Crippen LogP contribution in [0.15, 0.2) is 18.5 Å². The number of rotatable bonds is 3. The highest BCUT2D eigenvalue weighted by atomic mass is 16.4. The summed E-state index contributed by atoms with van der Waals surface area (Å²) in [6.45, 7) is 5.37. The molecule has 2 heterocycles. The first-order valence-electron chi connectivity index (χ1n) is 6.06. The van der Waals surface area contributed by atoms with Crippen molar-refractivity contribution in [2.45, 2.75) is 26.3 Å². The summed E-state index contributed by atoms with van der Waals surface area (Å²) in [6.07, 6.45) is 7.03. The first kappa shape index (κ1) is 12.5. The molecular formula is C13H17N3O2. The first-order valence-corrected chi connectivity index (χ1v) is 6.06. The summed E-state index contributed by atoms with van der Waals surface area (Å²) in [7, 11) is 0. The van der Waals surface area contributed by atoms with Gasteiger partial charge in [-0.1, -0.05) is 6.92 Å². The third-order valence-corrected chi connectivity index (χ3v) is 3.12. The fourth-order valence-electron chi connectivity index (χ4n) is 2.31. The van der Waals surface area contributed by atoms with Gasteiger partial charge in [-0.3, -0.25) is 0 Å². The molecule has 0 amide bonds. The molecule has 18 heavy (non-hydrogen) atoms. The maximum absolute atomic E-state index is 10.4. The fraction of sp³-hybridized carbons (Fsp3) is 0.462. The number of carboxylic acids is 1. The average molecular weight is 247 g/mol. The second-order valence-electron chi connectivity index (χ2n) is 4.83. The van der Waals surface area contributed by atoms with E-state index in [1.165, 1.54) is 6.08 Å². The topological polar surface area (TPSA) is 66.3 Å². The normalized spacial score (nSPS) is 23.8. The number of nitrogens with zero attached hydrogens (tertiary/aromatic N) is 3. The van der Waals surface area contributed by atoms with Gasteiger partial charge in [0.1, 0.15) is 0 Å². The molecule has 2 rings (SSSR count). The summed E-state index contributed by atoms with van der Waals surface area (Å²) < 4.78 is 0. The van der Waals surface area contributed by atoms with E-state index in [9.17, 15) is 4.79 Å². The van der Waals surface area contributed by atoms with Crippen LogP contribution in [-0.2, 0) is 4.79 Å². The second kappa shape index (κ2) is 5.16. The molecule has 96 valence electrons. The number of carboxylic acid groups (broad SMARTS) is 1. The minimum atomic E-state index is -0.971. The van der Waals surface area contributed by atoms with Crippen LogP contribution in [0.1, 0.15) is 25.8 Å². The molecule has 1 N–H and O–H groups in total. The highest BCUT2D eigenvalue weighted by Crippen LogP contribution is 2.25. The molecule has 1 saturated heterocycles. The summed E-state index contributed by atoms with van der Waals surface area (Å²) in [5.41, 5.74) is 0.695. The number of aliphatic carboxylic acids is 1. The molecule has 0 aromatic carbocycles. The van der Waals surface area contributed by atoms with Gasteiger partial charge in [-0.05, 0) is 25.3 Å². The largest absolute Gasteiger partial charge is 0.478 e. The van der Waals surface area contributed by atoms with Crippen molar-refractivity contribution >= 4 is 18.0 Å². The van der Waals surface area contributed by atoms with Crippen molar-refractivity contribution in [3.63, 3.8) is 0 Å². The summed E-state index contributed by atoms with van der Waals surface area (Å²) >= 11 is 0. The summed E-state index contributed by atoms with van der Waals surface area (Å²) in [4.78, 5) is 21.2. The van der Waals surface area contributed by atoms with Crippen molar-refractivity contribution < 1.29 is 9.90 Å². The molecule has 0 saturated carbocycles. The molecule has 0 spiro atoms. The third kappa shape index (κ3) is 2.85. The zero-order valence-electron chi connectivity index (χ0n) is 10.6. The van der Waals surface area contributed by atoms with E-state index in [4.69, 9.17) is 5.11 Å². The Kier molecular flexibility index (Phi) is 3.60. The van der Waals surface area contributed by atoms with Crippen molar-refractivity contribution in [3.8, 4) is 0 Å². The van der Waals surface area contributed by atoms with E-state index in [0.717, 1.165) is 25.0 Å². The van der Waals surface area contributed by atoms with Gasteiger partial charge >= 0.3 is 5.97 Å². The zero-order chi connectivity index (χ0) is 13.1. The number of aromatic nitrogens is 2. The van der Waals surface area contributed by atoms with Crippen LogP contribution < -0.4 is 4.90 Å². The van der Waals surface area contributed by atoms with Crippen LogP contribution in [0.4, 0.5) is 5.95 Å². The predicted octanol–water partition coefficient (Wildman–Crippen LogP) is 1.81. The first-order chi connectivity index (χ1) is 8.56. The number of anilines is 1. The lowest BCUT2D eigenvalue weighted by Gasteiger charge is -2.20. The van der Waals surface area contributed by atoms with Gasteiger partial charge in [0.15, 0.2) is 0 Å². The van der Waals surface area contributed by atoms with E-state index in [-0.39, 0.29) is 0 Å². The zero-order valence-corrected chi connectivity index (χ0v) is 10.6. The molecular weight excluding hydrogens is 230 g/mol. The summed E-state index contributed by atoms with van der Waals surface area (Å²) in [5.74, 6) is 0.413. The smallest absolute Gasteiger partial charge is 0.328 e. The van der Waals surface area contributed by atoms with Crippen LogP contribution in [0.5, 0.6) is 0 Å². The Labute approximate surface area is 106 Å². The molecule has 5 nitrogen and oxygen atoms in total. The minimum absolute atomic E-state index is 0.459. The molecule has 1 aromatic heterocycles. The Hall–Kier alpha value is -1.91. The number of hydrogen-bond acceptors (Lipinski definition) is 4. The van der Waals surface area contributed by atoms with Crippen LogP contribution in [0.25, 0.3) is 6.08 Å². The highest BCUT2D eigenvalue weighted by Gasteiger charge is 2.27. The van der Waals surface area contributed by atoms with Gasteiger partial charge in [-0.15, -0.1) is 0 Å². The molecule has 1 fully saturated rings. The van der Waals surface area contributed by atoms with E-state index >= 15 is 0 Å². The van der Waals surface area contributed by atoms with E-state index < -0.39 is 5.97 Å². The van der Waals surface area contributed by atoms with Gasteiger partial charge in [0, 0.05) is 36.6 Å². The van der Waals surface area contributed by atoms with Crippen LogP contribution in [-0.4, -0.2) is 33.6 Å². The highest BCUT2D eigenvalue weighted by molar-refractivity contribution is 5.85. The van der Waals surface area contributed by atoms with Gasteiger partial charge in [-0.2, -0.15) is 0 Å². The van der Waals surface area contributed by atoms with Gasteiger partial charge < -0.3 is 10.0 Å². The maximum atomic E-state index is 10.4. The Bertz CT molecular complexity index is 456. The van der Waals surface area contributed by atoms with E-state index in [1.54, 1.807) is 12.4 Å². The van der Waals surface area contributed by atoms with Gasteiger partial charge in [0.2, 0.25) is 5.95 Å². The van der Waals surface area contributed by atoms with Gasteiger partial charge in [-0.25, -0.2) is 14.8 Å². The number of carbonyl (C=O) groups is 1. The van der Waals surface area contributed by atoms with Crippen molar-refractivity contribution in [2.75, 3.05) is 11.4 Å². The van der Waals surface area contributed by atoms with Crippen LogP contribution in [0.3, 0.4) is 0 Å². The van der Waals surface area contributed by atoms with Gasteiger partial charge in [0.05, 0.1) is 0 Å². The van der Waals surface area contributed by atoms with Crippen molar-refractivity contribution in [1.82, 2.24) is 9.97 Å². The molecule has 2 atom stereocenters. The Morgan fingerprint density at radius 2 is 2.11 bits per heavy atom. The van der Waals surface area contributed by atoms with Crippen LogP contribution in [0.2, 0.25) is 0 Å². The molecule has 0 aliphatic carbocycles. The Balaban J connectivity index is 2.10. The van der Waals surface area contributed by atoms with Gasteiger partial charge in [0.25, 0.3) is 0 Å². The monoisotopic (exact) mass is 247 g/mol. The summed E-state index contributed by atoms with van der Waals surface area (Å²) in [5, 5.41) is 8.53. The second-order valence-corrected chi connectivity index (χ2v) is 4.83. The average Bonchev–Trinajstić information content (AvgIpc) is 2.66. The molecule has 2 unspecified atom stereocenters. The molecule has 1 aromatic rings. The molecule has 5 heteroatoms. The van der Waals surface area contributed by atoms with Crippen molar-refractivity contribution in [1.29, 1.82) is 0 Å². The lowest BCUT2D eigenvalue weighted by atomic mass is 10.1. The Morgan fingerprint density at radius 3 is 2.61 bits per heavy atom. The lowest BCUT2D eigenvalue weighted by molar-refractivity contribution is -0.131. The quantitative estimate of drug-likeness (QED) is 0.825. The molecule has 1 aliphatic rings. The molecule has 0 bridgehead atoms. The lowest BCUT2D eigenvalue weighted by Crippen LogP contribution is -2.28. The van der Waals surface area contributed by atoms with Crippen LogP contribution >= 0.6 is 0 Å². The number of hydrogen-bond donors (Lipinski definition) is 1. The standard InChI is InChI=1S/C13H17N3O2/c1-9-5-10(2)16(8-9)13-14-6-11(7-15-13)3-4-12(17)18/h3-4,6-7,9-10H,5,8H2,1-2H3,(H,17,18)/b4-3+. The van der Waals surface area contributed by atoms with Crippen molar-refractivity contribution in [2.24, 2.45) is 5.92 Å². The van der Waals surface area contributed by atoms with E-state index in [2.05, 4.69) is 28.7 Å². The third-order valence-electron chi connectivity index (χ3n) is 3.12. The molecule has 1 aliphatic heterocycles. The minimum Gasteiger partial charge on any atom is -0.478 e. The molecule has 0 radical (unpaired) electrons. The van der Waals surface area contributed by atoms with Crippen LogP contribution in [0, 0.1) is 5.92 Å². The summed E-state index contributed by atoms with van der Waals surface area (Å²) in [6, 6.07) is 0.459. The van der Waals surface area contributed by atoms with Crippen molar-refractivity contribution in [3.05, 3.63) is 24.0 Å². The van der Waals surface area contributed by atoms with E-state index in [0.29, 0.717) is 17.5 Å². The SMILES string of the molecule is CC1CC(C)N(c2ncc(/C=C/C(=O)O)cn2)C1.